The minimum absolute atomic E-state index is 0.00649. The van der Waals surface area contributed by atoms with Crippen molar-refractivity contribution < 1.29 is 13.9 Å². The van der Waals surface area contributed by atoms with Gasteiger partial charge in [-0.25, -0.2) is 0 Å². The van der Waals surface area contributed by atoms with Crippen LogP contribution < -0.4 is 4.74 Å². The molecule has 0 spiro atoms. The second-order valence-corrected chi connectivity index (χ2v) is 9.41. The van der Waals surface area contributed by atoms with Crippen molar-refractivity contribution in [1.82, 2.24) is 10.2 Å². The Morgan fingerprint density at radius 1 is 1.15 bits per heavy atom. The van der Waals surface area contributed by atoms with Crippen molar-refractivity contribution in [1.29, 1.82) is 0 Å². The SMILES string of the molecule is COc1ccccc1C(=O)CSc1nnc(C23CC4CC(CC(C4)C2)C3)o1. The Bertz CT molecular complexity index is 827. The number of Topliss-reactive ketones (excluding diaryl/α,β-unsaturated/α-hetero) is 1. The van der Waals surface area contributed by atoms with Gasteiger partial charge in [0.1, 0.15) is 5.75 Å². The Labute approximate surface area is 163 Å². The summed E-state index contributed by atoms with van der Waals surface area (Å²) in [7, 11) is 1.58. The van der Waals surface area contributed by atoms with Gasteiger partial charge in [0.25, 0.3) is 5.22 Å². The van der Waals surface area contributed by atoms with Crippen molar-refractivity contribution in [2.45, 2.75) is 49.2 Å². The molecule has 4 fully saturated rings. The minimum atomic E-state index is 0.00649. The number of carbonyl (C=O) groups is 1. The molecule has 0 atom stereocenters. The van der Waals surface area contributed by atoms with Crippen LogP contribution in [0.25, 0.3) is 0 Å². The molecule has 2 aromatic rings. The van der Waals surface area contributed by atoms with Crippen molar-refractivity contribution in [2.75, 3.05) is 12.9 Å². The lowest BCUT2D eigenvalue weighted by atomic mass is 9.49. The highest BCUT2D eigenvalue weighted by Crippen LogP contribution is 2.60. The third kappa shape index (κ3) is 3.08. The largest absolute Gasteiger partial charge is 0.496 e. The molecule has 4 aliphatic rings. The molecule has 0 radical (unpaired) electrons. The molecule has 0 amide bonds. The zero-order chi connectivity index (χ0) is 18.4. The Kier molecular flexibility index (Phi) is 4.26. The first kappa shape index (κ1) is 17.3. The van der Waals surface area contributed by atoms with E-state index in [2.05, 4.69) is 10.2 Å². The summed E-state index contributed by atoms with van der Waals surface area (Å²) in [5.41, 5.74) is 0.695. The Morgan fingerprint density at radius 2 is 1.81 bits per heavy atom. The summed E-state index contributed by atoms with van der Waals surface area (Å²) in [6.07, 6.45) is 7.77. The zero-order valence-electron chi connectivity index (χ0n) is 15.5. The molecule has 0 unspecified atom stereocenters. The number of aromatic nitrogens is 2. The third-order valence-electron chi connectivity index (χ3n) is 6.63. The van der Waals surface area contributed by atoms with Crippen molar-refractivity contribution in [3.8, 4) is 5.75 Å². The van der Waals surface area contributed by atoms with Crippen LogP contribution in [-0.4, -0.2) is 28.8 Å². The van der Waals surface area contributed by atoms with E-state index in [9.17, 15) is 4.79 Å². The summed E-state index contributed by atoms with van der Waals surface area (Å²) >= 11 is 1.32. The number of ketones is 1. The van der Waals surface area contributed by atoms with Gasteiger partial charge < -0.3 is 9.15 Å². The standard InChI is InChI=1S/C21H24N2O3S/c1-25-18-5-3-2-4-16(18)17(24)12-27-20-23-22-19(26-20)21-9-13-6-14(10-21)8-15(7-13)11-21/h2-5,13-15H,6-12H2,1H3. The predicted octanol–water partition coefficient (Wildman–Crippen LogP) is 4.52. The smallest absolute Gasteiger partial charge is 0.277 e. The summed E-state index contributed by atoms with van der Waals surface area (Å²) in [6, 6.07) is 7.29. The number of ether oxygens (including phenoxy) is 1. The molecule has 5 nitrogen and oxygen atoms in total. The molecule has 4 bridgehead atoms. The Morgan fingerprint density at radius 3 is 2.48 bits per heavy atom. The molecule has 1 heterocycles. The average molecular weight is 385 g/mol. The number of benzene rings is 1. The number of thioether (sulfide) groups is 1. The molecular weight excluding hydrogens is 360 g/mol. The number of nitrogens with zero attached hydrogens (tertiary/aromatic N) is 2. The van der Waals surface area contributed by atoms with Crippen LogP contribution in [-0.2, 0) is 5.41 Å². The number of para-hydroxylation sites is 1. The van der Waals surface area contributed by atoms with Gasteiger partial charge in [0.2, 0.25) is 5.89 Å². The molecule has 1 aromatic carbocycles. The van der Waals surface area contributed by atoms with E-state index in [4.69, 9.17) is 9.15 Å². The lowest BCUT2D eigenvalue weighted by Gasteiger charge is -2.55. The van der Waals surface area contributed by atoms with Crippen LogP contribution in [0.15, 0.2) is 33.9 Å². The fourth-order valence-corrected chi connectivity index (χ4v) is 6.58. The molecule has 4 aliphatic carbocycles. The molecule has 142 valence electrons. The van der Waals surface area contributed by atoms with Crippen molar-refractivity contribution in [2.24, 2.45) is 17.8 Å². The summed E-state index contributed by atoms with van der Waals surface area (Å²) in [4.78, 5) is 12.5. The van der Waals surface area contributed by atoms with E-state index in [0.717, 1.165) is 23.6 Å². The van der Waals surface area contributed by atoms with Crippen molar-refractivity contribution in [3.05, 3.63) is 35.7 Å². The molecule has 0 saturated heterocycles. The molecule has 0 aliphatic heterocycles. The van der Waals surface area contributed by atoms with Crippen LogP contribution in [0.5, 0.6) is 5.75 Å². The van der Waals surface area contributed by atoms with E-state index in [-0.39, 0.29) is 17.0 Å². The van der Waals surface area contributed by atoms with Crippen LogP contribution in [0.4, 0.5) is 0 Å². The maximum Gasteiger partial charge on any atom is 0.277 e. The van der Waals surface area contributed by atoms with Gasteiger partial charge >= 0.3 is 0 Å². The number of carbonyl (C=O) groups excluding carboxylic acids is 1. The summed E-state index contributed by atoms with van der Waals surface area (Å²) in [5, 5.41) is 9.17. The quantitative estimate of drug-likeness (QED) is 0.539. The molecule has 0 N–H and O–H groups in total. The van der Waals surface area contributed by atoms with Gasteiger partial charge in [-0.2, -0.15) is 0 Å². The second kappa shape index (κ2) is 6.66. The zero-order valence-corrected chi connectivity index (χ0v) is 16.3. The molecule has 6 heteroatoms. The number of rotatable bonds is 6. The first-order valence-electron chi connectivity index (χ1n) is 9.78. The monoisotopic (exact) mass is 384 g/mol. The normalized spacial score (nSPS) is 31.2. The molecule has 4 saturated carbocycles. The fourth-order valence-electron chi connectivity index (χ4n) is 5.94. The van der Waals surface area contributed by atoms with Gasteiger partial charge in [0, 0.05) is 5.41 Å². The highest BCUT2D eigenvalue weighted by Gasteiger charge is 2.54. The number of hydrogen-bond donors (Lipinski definition) is 0. The molecule has 6 rings (SSSR count). The van der Waals surface area contributed by atoms with E-state index in [0.29, 0.717) is 16.5 Å². The van der Waals surface area contributed by atoms with Gasteiger partial charge in [0.15, 0.2) is 5.78 Å². The van der Waals surface area contributed by atoms with E-state index in [1.165, 1.54) is 50.3 Å². The predicted molar refractivity (Wildman–Crippen MR) is 102 cm³/mol. The summed E-state index contributed by atoms with van der Waals surface area (Å²) < 4.78 is 11.3. The highest BCUT2D eigenvalue weighted by atomic mass is 32.2. The lowest BCUT2D eigenvalue weighted by Crippen LogP contribution is -2.48. The van der Waals surface area contributed by atoms with Gasteiger partial charge in [-0.3, -0.25) is 4.79 Å². The van der Waals surface area contributed by atoms with Gasteiger partial charge in [0.05, 0.1) is 18.4 Å². The third-order valence-corrected chi connectivity index (χ3v) is 7.45. The summed E-state index contributed by atoms with van der Waals surface area (Å²) in [5.74, 6) is 4.20. The van der Waals surface area contributed by atoms with E-state index < -0.39 is 0 Å². The molecule has 1 aromatic heterocycles. The maximum absolute atomic E-state index is 12.5. The number of hydrogen-bond acceptors (Lipinski definition) is 6. The number of methoxy groups -OCH3 is 1. The van der Waals surface area contributed by atoms with Crippen LogP contribution in [0.2, 0.25) is 0 Å². The first-order valence-corrected chi connectivity index (χ1v) is 10.8. The van der Waals surface area contributed by atoms with Crippen molar-refractivity contribution >= 4 is 17.5 Å². The van der Waals surface area contributed by atoms with Crippen molar-refractivity contribution in [3.63, 3.8) is 0 Å². The lowest BCUT2D eigenvalue weighted by molar-refractivity contribution is -0.0191. The molecular formula is C21H24N2O3S. The van der Waals surface area contributed by atoms with E-state index in [1.54, 1.807) is 19.2 Å². The first-order chi connectivity index (χ1) is 13.1. The van der Waals surface area contributed by atoms with Crippen LogP contribution >= 0.6 is 11.8 Å². The van der Waals surface area contributed by atoms with E-state index >= 15 is 0 Å². The summed E-state index contributed by atoms with van der Waals surface area (Å²) in [6.45, 7) is 0. The Hall–Kier alpha value is -1.82. The van der Waals surface area contributed by atoms with Crippen LogP contribution in [0.3, 0.4) is 0 Å². The maximum atomic E-state index is 12.5. The second-order valence-electron chi connectivity index (χ2n) is 8.48. The fraction of sp³-hybridized carbons (Fsp3) is 0.571. The van der Waals surface area contributed by atoms with Gasteiger partial charge in [-0.1, -0.05) is 23.9 Å². The van der Waals surface area contributed by atoms with Gasteiger partial charge in [-0.15, -0.1) is 10.2 Å². The highest BCUT2D eigenvalue weighted by molar-refractivity contribution is 7.99. The van der Waals surface area contributed by atoms with Crippen LogP contribution in [0.1, 0.15) is 54.8 Å². The van der Waals surface area contributed by atoms with Crippen LogP contribution in [0, 0.1) is 17.8 Å². The minimum Gasteiger partial charge on any atom is -0.496 e. The topological polar surface area (TPSA) is 65.2 Å². The Balaban J connectivity index is 1.28. The van der Waals surface area contributed by atoms with Gasteiger partial charge in [-0.05, 0) is 68.4 Å². The average Bonchev–Trinajstić information content (AvgIpc) is 3.15. The van der Waals surface area contributed by atoms with E-state index in [1.807, 2.05) is 12.1 Å². The molecule has 27 heavy (non-hydrogen) atoms.